The standard InChI is InChI=1S/C14H16ClNO/c15-9-14(5-6-14)16-13(17)12-7-10-3-1-2-4-11(10)8-12/h1-4,12H,5-9H2,(H,16,17). The first kappa shape index (κ1) is 11.1. The van der Waals surface area contributed by atoms with Gasteiger partial charge in [0, 0.05) is 11.8 Å². The van der Waals surface area contributed by atoms with Crippen LogP contribution in [-0.4, -0.2) is 17.3 Å². The summed E-state index contributed by atoms with van der Waals surface area (Å²) in [4.78, 5) is 12.2. The second-order valence-electron chi connectivity index (χ2n) is 5.28. The second-order valence-corrected chi connectivity index (χ2v) is 5.54. The predicted octanol–water partition coefficient (Wildman–Crippen LogP) is 2.29. The van der Waals surface area contributed by atoms with Gasteiger partial charge in [-0.05, 0) is 36.8 Å². The van der Waals surface area contributed by atoms with Crippen molar-refractivity contribution in [3.05, 3.63) is 35.4 Å². The van der Waals surface area contributed by atoms with Crippen LogP contribution in [0.3, 0.4) is 0 Å². The van der Waals surface area contributed by atoms with E-state index in [1.54, 1.807) is 0 Å². The van der Waals surface area contributed by atoms with Crippen LogP contribution in [0, 0.1) is 5.92 Å². The van der Waals surface area contributed by atoms with E-state index in [0.29, 0.717) is 5.88 Å². The van der Waals surface area contributed by atoms with E-state index in [2.05, 4.69) is 17.4 Å². The Morgan fingerprint density at radius 3 is 2.35 bits per heavy atom. The largest absolute Gasteiger partial charge is 0.349 e. The van der Waals surface area contributed by atoms with Crippen molar-refractivity contribution in [3.8, 4) is 0 Å². The summed E-state index contributed by atoms with van der Waals surface area (Å²) in [6.45, 7) is 0. The molecule has 0 heterocycles. The van der Waals surface area contributed by atoms with Crippen molar-refractivity contribution < 1.29 is 4.79 Å². The summed E-state index contributed by atoms with van der Waals surface area (Å²) in [6, 6.07) is 8.33. The fraction of sp³-hybridized carbons (Fsp3) is 0.500. The van der Waals surface area contributed by atoms with Crippen molar-refractivity contribution in [3.63, 3.8) is 0 Å². The Balaban J connectivity index is 1.66. The van der Waals surface area contributed by atoms with Crippen LogP contribution in [0.5, 0.6) is 0 Å². The quantitative estimate of drug-likeness (QED) is 0.819. The van der Waals surface area contributed by atoms with Crippen LogP contribution in [-0.2, 0) is 17.6 Å². The number of benzene rings is 1. The average molecular weight is 250 g/mol. The summed E-state index contributed by atoms with van der Waals surface area (Å²) < 4.78 is 0. The SMILES string of the molecule is O=C(NC1(CCl)CC1)C1Cc2ccccc2C1. The molecular formula is C14H16ClNO. The third-order valence-electron chi connectivity index (χ3n) is 3.92. The Bertz CT molecular complexity index is 428. The van der Waals surface area contributed by atoms with Crippen molar-refractivity contribution in [2.75, 3.05) is 5.88 Å². The maximum Gasteiger partial charge on any atom is 0.224 e. The Morgan fingerprint density at radius 2 is 1.88 bits per heavy atom. The monoisotopic (exact) mass is 249 g/mol. The molecule has 1 saturated carbocycles. The van der Waals surface area contributed by atoms with Gasteiger partial charge in [0.25, 0.3) is 0 Å². The third-order valence-corrected chi connectivity index (χ3v) is 4.43. The van der Waals surface area contributed by atoms with Crippen molar-refractivity contribution in [1.29, 1.82) is 0 Å². The molecule has 0 saturated heterocycles. The molecule has 2 aliphatic rings. The van der Waals surface area contributed by atoms with E-state index < -0.39 is 0 Å². The van der Waals surface area contributed by atoms with Gasteiger partial charge in [-0.3, -0.25) is 4.79 Å². The average Bonchev–Trinajstić information content (AvgIpc) is 2.98. The minimum absolute atomic E-state index is 0.0760. The maximum atomic E-state index is 12.2. The zero-order valence-electron chi connectivity index (χ0n) is 9.71. The van der Waals surface area contributed by atoms with E-state index >= 15 is 0 Å². The summed E-state index contributed by atoms with van der Waals surface area (Å²) in [5.74, 6) is 0.825. The van der Waals surface area contributed by atoms with Gasteiger partial charge in [0.1, 0.15) is 0 Å². The second kappa shape index (κ2) is 4.02. The normalized spacial score (nSPS) is 21.0. The fourth-order valence-corrected chi connectivity index (χ4v) is 2.88. The number of halogens is 1. The van der Waals surface area contributed by atoms with Gasteiger partial charge in [0.2, 0.25) is 5.91 Å². The van der Waals surface area contributed by atoms with Gasteiger partial charge in [-0.15, -0.1) is 11.6 Å². The van der Waals surface area contributed by atoms with Crippen LogP contribution in [0.1, 0.15) is 24.0 Å². The highest BCUT2D eigenvalue weighted by molar-refractivity contribution is 6.19. The lowest BCUT2D eigenvalue weighted by molar-refractivity contribution is -0.125. The number of carbonyl (C=O) groups is 1. The minimum Gasteiger partial charge on any atom is -0.349 e. The minimum atomic E-state index is -0.0760. The Morgan fingerprint density at radius 1 is 1.29 bits per heavy atom. The first-order chi connectivity index (χ1) is 8.22. The van der Waals surface area contributed by atoms with Gasteiger partial charge in [-0.2, -0.15) is 0 Å². The van der Waals surface area contributed by atoms with E-state index in [-0.39, 0.29) is 17.4 Å². The number of alkyl halides is 1. The van der Waals surface area contributed by atoms with Crippen LogP contribution in [0.4, 0.5) is 0 Å². The summed E-state index contributed by atoms with van der Waals surface area (Å²) in [7, 11) is 0. The zero-order chi connectivity index (χ0) is 11.9. The fourth-order valence-electron chi connectivity index (χ4n) is 2.55. The van der Waals surface area contributed by atoms with Gasteiger partial charge in [-0.1, -0.05) is 24.3 Å². The van der Waals surface area contributed by atoms with Gasteiger partial charge in [0.15, 0.2) is 0 Å². The highest BCUT2D eigenvalue weighted by Crippen LogP contribution is 2.37. The number of carbonyl (C=O) groups excluding carboxylic acids is 1. The molecule has 3 rings (SSSR count). The molecule has 3 heteroatoms. The molecule has 0 aromatic heterocycles. The number of nitrogens with one attached hydrogen (secondary N) is 1. The third kappa shape index (κ3) is 2.06. The molecule has 17 heavy (non-hydrogen) atoms. The topological polar surface area (TPSA) is 29.1 Å². The predicted molar refractivity (Wildman–Crippen MR) is 68.2 cm³/mol. The van der Waals surface area contributed by atoms with Crippen molar-refractivity contribution in [1.82, 2.24) is 5.32 Å². The first-order valence-electron chi connectivity index (χ1n) is 6.17. The number of fused-ring (bicyclic) bond motifs is 1. The molecule has 90 valence electrons. The van der Waals surface area contributed by atoms with E-state index in [1.165, 1.54) is 11.1 Å². The van der Waals surface area contributed by atoms with Crippen LogP contribution < -0.4 is 5.32 Å². The van der Waals surface area contributed by atoms with E-state index in [4.69, 9.17) is 11.6 Å². The molecule has 0 spiro atoms. The molecule has 1 amide bonds. The summed E-state index contributed by atoms with van der Waals surface area (Å²) >= 11 is 5.88. The highest BCUT2D eigenvalue weighted by atomic mass is 35.5. The van der Waals surface area contributed by atoms with E-state index in [1.807, 2.05) is 12.1 Å². The Hall–Kier alpha value is -1.02. The van der Waals surface area contributed by atoms with Crippen LogP contribution in [0.25, 0.3) is 0 Å². The molecule has 0 unspecified atom stereocenters. The molecular weight excluding hydrogens is 234 g/mol. The molecule has 0 aliphatic heterocycles. The lowest BCUT2D eigenvalue weighted by Gasteiger charge is -2.17. The van der Waals surface area contributed by atoms with Crippen molar-refractivity contribution in [2.24, 2.45) is 5.92 Å². The molecule has 2 nitrogen and oxygen atoms in total. The maximum absolute atomic E-state index is 12.2. The lowest BCUT2D eigenvalue weighted by atomic mass is 10.1. The van der Waals surface area contributed by atoms with Gasteiger partial charge < -0.3 is 5.32 Å². The molecule has 0 radical (unpaired) electrons. The summed E-state index contributed by atoms with van der Waals surface area (Å²) in [6.07, 6.45) is 3.81. The van der Waals surface area contributed by atoms with Crippen LogP contribution >= 0.6 is 11.6 Å². The number of hydrogen-bond donors (Lipinski definition) is 1. The van der Waals surface area contributed by atoms with E-state index in [0.717, 1.165) is 25.7 Å². The first-order valence-corrected chi connectivity index (χ1v) is 6.71. The van der Waals surface area contributed by atoms with Crippen LogP contribution in [0.2, 0.25) is 0 Å². The van der Waals surface area contributed by atoms with Crippen molar-refractivity contribution >= 4 is 17.5 Å². The number of hydrogen-bond acceptors (Lipinski definition) is 1. The van der Waals surface area contributed by atoms with Crippen molar-refractivity contribution in [2.45, 2.75) is 31.2 Å². The smallest absolute Gasteiger partial charge is 0.224 e. The molecule has 1 aromatic carbocycles. The Labute approximate surface area is 106 Å². The number of rotatable bonds is 3. The molecule has 0 atom stereocenters. The molecule has 0 bridgehead atoms. The molecule has 2 aliphatic carbocycles. The Kier molecular flexibility index (Phi) is 2.62. The molecule has 1 N–H and O–H groups in total. The molecule has 1 aromatic rings. The molecule has 1 fully saturated rings. The zero-order valence-corrected chi connectivity index (χ0v) is 10.5. The lowest BCUT2D eigenvalue weighted by Crippen LogP contribution is -2.42. The van der Waals surface area contributed by atoms with Gasteiger partial charge >= 0.3 is 0 Å². The number of amides is 1. The highest BCUT2D eigenvalue weighted by Gasteiger charge is 2.44. The van der Waals surface area contributed by atoms with Gasteiger partial charge in [-0.25, -0.2) is 0 Å². The summed E-state index contributed by atoms with van der Waals surface area (Å²) in [5.41, 5.74) is 2.57. The summed E-state index contributed by atoms with van der Waals surface area (Å²) in [5, 5.41) is 3.12. The van der Waals surface area contributed by atoms with Crippen LogP contribution in [0.15, 0.2) is 24.3 Å². The van der Waals surface area contributed by atoms with Gasteiger partial charge in [0.05, 0.1) is 5.54 Å². The van der Waals surface area contributed by atoms with E-state index in [9.17, 15) is 4.79 Å².